The van der Waals surface area contributed by atoms with Crippen LogP contribution < -0.4 is 5.32 Å². The minimum Gasteiger partial charge on any atom is -0.311 e. The lowest BCUT2D eigenvalue weighted by Gasteiger charge is -2.48. The van der Waals surface area contributed by atoms with Gasteiger partial charge in [0.25, 0.3) is 0 Å². The molecule has 0 amide bonds. The van der Waals surface area contributed by atoms with Crippen molar-refractivity contribution in [3.8, 4) is 0 Å². The van der Waals surface area contributed by atoms with Crippen LogP contribution in [0.1, 0.15) is 50.8 Å². The van der Waals surface area contributed by atoms with Crippen LogP contribution in [0.5, 0.6) is 0 Å². The van der Waals surface area contributed by atoms with Gasteiger partial charge in [-0.15, -0.1) is 11.3 Å². The number of thiophene rings is 1. The van der Waals surface area contributed by atoms with Crippen molar-refractivity contribution in [3.63, 3.8) is 0 Å². The van der Waals surface area contributed by atoms with Gasteiger partial charge in [-0.3, -0.25) is 4.90 Å². The van der Waals surface area contributed by atoms with Crippen molar-refractivity contribution in [1.82, 2.24) is 10.2 Å². The normalized spacial score (nSPS) is 26.0. The van der Waals surface area contributed by atoms with Crippen molar-refractivity contribution in [1.29, 1.82) is 0 Å². The van der Waals surface area contributed by atoms with Gasteiger partial charge in [-0.2, -0.15) is 0 Å². The average Bonchev–Trinajstić information content (AvgIpc) is 3.04. The first-order chi connectivity index (χ1) is 10.1. The molecule has 4 heteroatoms. The Morgan fingerprint density at radius 3 is 2.76 bits per heavy atom. The summed E-state index contributed by atoms with van der Waals surface area (Å²) in [6.45, 7) is 8.21. The lowest BCUT2D eigenvalue weighted by atomic mass is 9.89. The molecule has 2 fully saturated rings. The Morgan fingerprint density at radius 2 is 2.14 bits per heavy atom. The first kappa shape index (κ1) is 16.0. The molecule has 1 aliphatic carbocycles. The molecule has 0 radical (unpaired) electrons. The van der Waals surface area contributed by atoms with Gasteiger partial charge in [0.2, 0.25) is 0 Å². The molecule has 1 unspecified atom stereocenters. The molecule has 1 aliphatic heterocycles. The Labute approximate surface area is 141 Å². The summed E-state index contributed by atoms with van der Waals surface area (Å²) in [6, 6.07) is 5.14. The summed E-state index contributed by atoms with van der Waals surface area (Å²) in [6.07, 6.45) is 6.85. The lowest BCUT2D eigenvalue weighted by molar-refractivity contribution is 0.0323. The lowest BCUT2D eigenvalue weighted by Crippen LogP contribution is -2.63. The van der Waals surface area contributed by atoms with Gasteiger partial charge in [0.15, 0.2) is 0 Å². The maximum absolute atomic E-state index is 3.86. The number of hydrogen-bond acceptors (Lipinski definition) is 3. The maximum atomic E-state index is 3.86. The monoisotopic (exact) mass is 370 g/mol. The van der Waals surface area contributed by atoms with Gasteiger partial charge in [0.05, 0.1) is 3.79 Å². The summed E-state index contributed by atoms with van der Waals surface area (Å²) < 4.78 is 1.26. The summed E-state index contributed by atoms with van der Waals surface area (Å²) >= 11 is 5.50. The number of nitrogens with one attached hydrogen (secondary N) is 1. The molecule has 1 aromatic rings. The van der Waals surface area contributed by atoms with E-state index in [9.17, 15) is 0 Å². The van der Waals surface area contributed by atoms with Crippen LogP contribution in [0.25, 0.3) is 0 Å². The van der Waals surface area contributed by atoms with Crippen LogP contribution in [0.4, 0.5) is 0 Å². The summed E-state index contributed by atoms with van der Waals surface area (Å²) in [5.74, 6) is 0.776. The van der Waals surface area contributed by atoms with E-state index < -0.39 is 0 Å². The third-order valence-corrected chi connectivity index (χ3v) is 6.71. The highest BCUT2D eigenvalue weighted by Gasteiger charge is 2.43. The molecule has 2 aliphatic rings. The van der Waals surface area contributed by atoms with Crippen LogP contribution in [-0.4, -0.2) is 29.6 Å². The van der Waals surface area contributed by atoms with E-state index in [-0.39, 0.29) is 0 Å². The molecule has 0 aromatic carbocycles. The van der Waals surface area contributed by atoms with Gasteiger partial charge in [0, 0.05) is 36.1 Å². The zero-order valence-electron chi connectivity index (χ0n) is 13.2. The van der Waals surface area contributed by atoms with Crippen molar-refractivity contribution >= 4 is 27.3 Å². The summed E-state index contributed by atoms with van der Waals surface area (Å²) in [5, 5.41) is 3.86. The van der Waals surface area contributed by atoms with Crippen LogP contribution in [0.3, 0.4) is 0 Å². The predicted octanol–water partition coefficient (Wildman–Crippen LogP) is 4.64. The zero-order valence-corrected chi connectivity index (χ0v) is 15.6. The van der Waals surface area contributed by atoms with E-state index in [1.54, 1.807) is 0 Å². The number of rotatable bonds is 4. The van der Waals surface area contributed by atoms with Gasteiger partial charge in [-0.05, 0) is 53.2 Å². The summed E-state index contributed by atoms with van der Waals surface area (Å²) in [5.41, 5.74) is 0.434. The fourth-order valence-corrected chi connectivity index (χ4v) is 5.58. The molecular weight excluding hydrogens is 344 g/mol. The van der Waals surface area contributed by atoms with Crippen LogP contribution >= 0.6 is 27.3 Å². The quantitative estimate of drug-likeness (QED) is 0.829. The van der Waals surface area contributed by atoms with Gasteiger partial charge in [0.1, 0.15) is 0 Å². The Kier molecular flexibility index (Phi) is 5.09. The van der Waals surface area contributed by atoms with Gasteiger partial charge >= 0.3 is 0 Å². The number of halogens is 1. The first-order valence-corrected chi connectivity index (χ1v) is 9.91. The Balaban J connectivity index is 1.73. The largest absolute Gasteiger partial charge is 0.311 e. The van der Waals surface area contributed by atoms with E-state index in [1.807, 2.05) is 11.3 Å². The van der Waals surface area contributed by atoms with Gasteiger partial charge in [-0.1, -0.05) is 26.7 Å². The highest BCUT2D eigenvalue weighted by atomic mass is 79.9. The third kappa shape index (κ3) is 3.72. The van der Waals surface area contributed by atoms with Crippen LogP contribution in [0.15, 0.2) is 15.9 Å². The molecule has 21 heavy (non-hydrogen) atoms. The SMILES string of the molecule is CC(C)CC1CN(Cc2ccc(Br)s2)C2(CCCC2)CN1. The van der Waals surface area contributed by atoms with E-state index in [0.717, 1.165) is 12.5 Å². The van der Waals surface area contributed by atoms with Crippen molar-refractivity contribution in [2.24, 2.45) is 5.92 Å². The maximum Gasteiger partial charge on any atom is 0.0701 e. The zero-order chi connectivity index (χ0) is 14.9. The Morgan fingerprint density at radius 1 is 1.38 bits per heavy atom. The molecule has 118 valence electrons. The number of nitrogens with zero attached hydrogens (tertiary/aromatic N) is 1. The highest BCUT2D eigenvalue weighted by molar-refractivity contribution is 9.11. The second kappa shape index (κ2) is 6.69. The van der Waals surface area contributed by atoms with Crippen LogP contribution in [0.2, 0.25) is 0 Å². The number of hydrogen-bond donors (Lipinski definition) is 1. The second-order valence-electron chi connectivity index (χ2n) is 7.23. The van der Waals surface area contributed by atoms with E-state index in [1.165, 1.54) is 53.9 Å². The van der Waals surface area contributed by atoms with Crippen molar-refractivity contribution in [3.05, 3.63) is 20.8 Å². The van der Waals surface area contributed by atoms with E-state index in [4.69, 9.17) is 0 Å². The molecule has 1 saturated heterocycles. The molecule has 1 atom stereocenters. The topological polar surface area (TPSA) is 15.3 Å². The fourth-order valence-electron chi connectivity index (χ4n) is 4.08. The summed E-state index contributed by atoms with van der Waals surface area (Å²) in [7, 11) is 0. The van der Waals surface area contributed by atoms with Crippen LogP contribution in [0, 0.1) is 5.92 Å². The standard InChI is InChI=1S/C17H27BrN2S/c1-13(2)9-14-10-20(11-15-5-6-16(18)21-15)17(12-19-14)7-3-4-8-17/h5-6,13-14,19H,3-4,7-12H2,1-2H3. The van der Waals surface area contributed by atoms with E-state index >= 15 is 0 Å². The second-order valence-corrected chi connectivity index (χ2v) is 9.77. The average molecular weight is 371 g/mol. The van der Waals surface area contributed by atoms with Crippen LogP contribution in [-0.2, 0) is 6.54 Å². The first-order valence-electron chi connectivity index (χ1n) is 8.30. The molecule has 1 aromatic heterocycles. The molecule has 0 bridgehead atoms. The molecule has 3 rings (SSSR count). The molecule has 2 heterocycles. The number of piperazine rings is 1. The Bertz CT molecular complexity index is 465. The fraction of sp³-hybridized carbons (Fsp3) is 0.765. The van der Waals surface area contributed by atoms with E-state index in [0.29, 0.717) is 11.6 Å². The van der Waals surface area contributed by atoms with Crippen molar-refractivity contribution < 1.29 is 0 Å². The van der Waals surface area contributed by atoms with E-state index in [2.05, 4.69) is 52.1 Å². The minimum absolute atomic E-state index is 0.434. The molecule has 1 spiro atoms. The van der Waals surface area contributed by atoms with Gasteiger partial charge < -0.3 is 5.32 Å². The minimum atomic E-state index is 0.434. The third-order valence-electron chi connectivity index (χ3n) is 5.10. The van der Waals surface area contributed by atoms with Crippen molar-refractivity contribution in [2.45, 2.75) is 64.1 Å². The van der Waals surface area contributed by atoms with Crippen molar-refractivity contribution in [2.75, 3.05) is 13.1 Å². The van der Waals surface area contributed by atoms with Gasteiger partial charge in [-0.25, -0.2) is 0 Å². The highest BCUT2D eigenvalue weighted by Crippen LogP contribution is 2.39. The molecule has 2 nitrogen and oxygen atoms in total. The smallest absolute Gasteiger partial charge is 0.0701 e. The molecular formula is C17H27BrN2S. The Hall–Kier alpha value is 0.1000. The molecule has 1 N–H and O–H groups in total. The summed E-state index contributed by atoms with van der Waals surface area (Å²) in [4.78, 5) is 4.31. The predicted molar refractivity (Wildman–Crippen MR) is 94.9 cm³/mol. The molecule has 1 saturated carbocycles.